The van der Waals surface area contributed by atoms with Crippen molar-refractivity contribution in [2.45, 2.75) is 57.7 Å². The molecule has 4 aliphatic heterocycles. The molecule has 6 heterocycles. The van der Waals surface area contributed by atoms with Crippen LogP contribution in [-0.2, 0) is 32.6 Å². The number of amides is 3. The first kappa shape index (κ1) is 45.8. The summed E-state index contributed by atoms with van der Waals surface area (Å²) in [4.78, 5) is 63.9. The van der Waals surface area contributed by atoms with Gasteiger partial charge < -0.3 is 29.9 Å². The lowest BCUT2D eigenvalue weighted by atomic mass is 9.99. The molecule has 352 valence electrons. The number of anilines is 6. The number of fused-ring (bicyclic) bond motifs is 2. The number of piperazine rings is 1. The largest absolute Gasteiger partial charge is 0.494 e. The van der Waals surface area contributed by atoms with Gasteiger partial charge in [-0.25, -0.2) is 13.4 Å². The third kappa shape index (κ3) is 10.2. The molecule has 5 aromatic rings. The van der Waals surface area contributed by atoms with Gasteiger partial charge in [-0.2, -0.15) is 4.98 Å². The van der Waals surface area contributed by atoms with Gasteiger partial charge in [0.2, 0.25) is 27.8 Å². The Balaban J connectivity index is 0.771. The molecule has 3 fully saturated rings. The van der Waals surface area contributed by atoms with Gasteiger partial charge in [0.25, 0.3) is 5.91 Å². The van der Waals surface area contributed by atoms with E-state index in [0.717, 1.165) is 88.1 Å². The summed E-state index contributed by atoms with van der Waals surface area (Å²) in [6.45, 7) is 9.54. The molecule has 0 spiro atoms. The van der Waals surface area contributed by atoms with E-state index in [0.29, 0.717) is 65.1 Å². The van der Waals surface area contributed by atoms with Gasteiger partial charge in [-0.05, 0) is 73.2 Å². The second-order valence-electron chi connectivity index (χ2n) is 17.1. The summed E-state index contributed by atoms with van der Waals surface area (Å²) in [5, 5.41) is 9.04. The van der Waals surface area contributed by atoms with E-state index >= 15 is 0 Å². The Kier molecular flexibility index (Phi) is 13.3. The second-order valence-corrected chi connectivity index (χ2v) is 19.3. The van der Waals surface area contributed by atoms with Gasteiger partial charge in [0.05, 0.1) is 42.1 Å². The number of nitrogens with one attached hydrogen (secondary N) is 4. The molecule has 3 saturated heterocycles. The zero-order valence-electron chi connectivity index (χ0n) is 37.5. The van der Waals surface area contributed by atoms with Crippen LogP contribution in [0, 0.1) is 0 Å². The van der Waals surface area contributed by atoms with E-state index in [1.165, 1.54) is 18.6 Å². The molecule has 3 amide bonds. The molecule has 19 nitrogen and oxygen atoms in total. The zero-order valence-corrected chi connectivity index (χ0v) is 39.1. The molecule has 3 aromatic carbocycles. The predicted octanol–water partition coefficient (Wildman–Crippen LogP) is 4.93. The molecule has 9 rings (SSSR count). The summed E-state index contributed by atoms with van der Waals surface area (Å²) in [7, 11) is -2.04. The number of piperidine rings is 2. The Bertz CT molecular complexity index is 2820. The lowest BCUT2D eigenvalue weighted by Gasteiger charge is -2.43. The average molecular weight is 954 g/mol. The van der Waals surface area contributed by atoms with Crippen molar-refractivity contribution in [2.75, 3.05) is 86.0 Å². The van der Waals surface area contributed by atoms with E-state index < -0.39 is 22.0 Å². The van der Waals surface area contributed by atoms with Crippen molar-refractivity contribution < 1.29 is 32.3 Å². The average Bonchev–Trinajstić information content (AvgIpc) is 3.65. The molecule has 1 atom stereocenters. The minimum absolute atomic E-state index is 0.190. The molecule has 0 aliphatic carbocycles. The van der Waals surface area contributed by atoms with Gasteiger partial charge in [0.1, 0.15) is 34.7 Å². The fourth-order valence-electron chi connectivity index (χ4n) is 9.41. The number of imide groups is 1. The number of aromatic nitrogens is 4. The highest BCUT2D eigenvalue weighted by Crippen LogP contribution is 2.39. The van der Waals surface area contributed by atoms with Crippen LogP contribution in [-0.4, -0.2) is 139 Å². The maximum atomic E-state index is 13.1. The predicted molar refractivity (Wildman–Crippen MR) is 255 cm³/mol. The second kappa shape index (κ2) is 19.5. The van der Waals surface area contributed by atoms with Crippen molar-refractivity contribution in [3.8, 4) is 11.5 Å². The summed E-state index contributed by atoms with van der Waals surface area (Å²) < 4.78 is 39.3. The van der Waals surface area contributed by atoms with E-state index in [9.17, 15) is 22.8 Å². The highest BCUT2D eigenvalue weighted by molar-refractivity contribution is 7.92. The maximum Gasteiger partial charge on any atom is 0.255 e. The normalized spacial score (nSPS) is 18.5. The van der Waals surface area contributed by atoms with Crippen LogP contribution in [0.3, 0.4) is 0 Å². The molecule has 67 heavy (non-hydrogen) atoms. The van der Waals surface area contributed by atoms with Crippen LogP contribution in [0.5, 0.6) is 11.5 Å². The van der Waals surface area contributed by atoms with Crippen LogP contribution in [0.25, 0.3) is 11.0 Å². The maximum absolute atomic E-state index is 13.1. The summed E-state index contributed by atoms with van der Waals surface area (Å²) in [5.74, 6) is 0.936. The number of rotatable bonds is 15. The Hall–Kier alpha value is -6.35. The summed E-state index contributed by atoms with van der Waals surface area (Å²) in [5.41, 5.74) is 5.85. The van der Waals surface area contributed by atoms with Crippen LogP contribution in [0.15, 0.2) is 61.1 Å². The number of sulfonamides is 1. The van der Waals surface area contributed by atoms with E-state index in [2.05, 4.69) is 74.4 Å². The van der Waals surface area contributed by atoms with Crippen LogP contribution in [0.2, 0.25) is 5.02 Å². The van der Waals surface area contributed by atoms with Crippen molar-refractivity contribution in [2.24, 2.45) is 0 Å². The highest BCUT2D eigenvalue weighted by atomic mass is 35.5. The highest BCUT2D eigenvalue weighted by Gasteiger charge is 2.39. The van der Waals surface area contributed by atoms with Crippen LogP contribution in [0.4, 0.5) is 34.5 Å². The summed E-state index contributed by atoms with van der Waals surface area (Å²) in [6, 6.07) is 12.9. The Morgan fingerprint density at radius 2 is 1.70 bits per heavy atom. The van der Waals surface area contributed by atoms with E-state index in [1.54, 1.807) is 30.2 Å². The first-order valence-corrected chi connectivity index (χ1v) is 24.7. The minimum atomic E-state index is -3.67. The van der Waals surface area contributed by atoms with Gasteiger partial charge in [0, 0.05) is 94.5 Å². The van der Waals surface area contributed by atoms with Gasteiger partial charge in [-0.15, -0.1) is 0 Å². The van der Waals surface area contributed by atoms with Gasteiger partial charge in [-0.1, -0.05) is 18.5 Å². The van der Waals surface area contributed by atoms with Crippen LogP contribution < -0.4 is 35.0 Å². The number of hydrogen-bond acceptors (Lipinski definition) is 16. The van der Waals surface area contributed by atoms with Gasteiger partial charge in [-0.3, -0.25) is 44.2 Å². The molecule has 0 saturated carbocycles. The van der Waals surface area contributed by atoms with E-state index in [4.69, 9.17) is 21.1 Å². The molecule has 0 bridgehead atoms. The first-order chi connectivity index (χ1) is 32.3. The quantitative estimate of drug-likeness (QED) is 0.102. The SMILES string of the molecule is CCc1cc(Nc2ncc(Cl)c(Nc3ccc4nccnc4c3NS(C)(=O)=O)n2)c(OC)cc1N1CCC(N2CCN(CCOc3ccc4c(c3)CN(C3CCC(=O)NC3=O)C4=O)CC2)CC1. The number of hydrogen-bond donors (Lipinski definition) is 4. The fraction of sp³-hybridized carbons (Fsp3) is 0.413. The number of carbonyl (C=O) groups excluding carboxylic acids is 3. The summed E-state index contributed by atoms with van der Waals surface area (Å²) in [6.07, 6.45) is 9.01. The van der Waals surface area contributed by atoms with Crippen LogP contribution >= 0.6 is 11.6 Å². The zero-order chi connectivity index (χ0) is 46.8. The molecule has 21 heteroatoms. The van der Waals surface area contributed by atoms with E-state index in [1.807, 2.05) is 12.1 Å². The first-order valence-electron chi connectivity index (χ1n) is 22.4. The molecule has 0 radical (unpaired) electrons. The number of methoxy groups -OCH3 is 1. The lowest BCUT2D eigenvalue weighted by molar-refractivity contribution is -0.136. The smallest absolute Gasteiger partial charge is 0.255 e. The van der Waals surface area contributed by atoms with E-state index in [-0.39, 0.29) is 40.7 Å². The molecule has 4 N–H and O–H groups in total. The summed E-state index contributed by atoms with van der Waals surface area (Å²) >= 11 is 6.57. The Labute approximate surface area is 393 Å². The lowest BCUT2D eigenvalue weighted by Crippen LogP contribution is -2.53. The number of aryl methyl sites for hydroxylation is 1. The van der Waals surface area contributed by atoms with Gasteiger partial charge in [0.15, 0.2) is 5.82 Å². The standard InChI is InChI=1S/C46H53ClN12O7S/c1-4-28-24-36(52-46-50-26-33(47)43(54-46)51-35-8-7-34-41(49-14-13-48-34)42(35)55-67(3,63)64)39(65-2)25-38(28)58-15-11-30(12-16-58)57-19-17-56(18-20-57)21-22-66-31-5-6-32-29(23-31)27-59(45(32)62)37-9-10-40(60)53-44(37)61/h5-8,13-14,23-26,30,37,55H,4,9-12,15-22,27H2,1-3H3,(H,53,60,61)(H2,50,51,52,54). The van der Waals surface area contributed by atoms with Crippen molar-refractivity contribution in [1.29, 1.82) is 0 Å². The fourth-order valence-corrected chi connectivity index (χ4v) is 10.1. The number of halogens is 1. The van der Waals surface area contributed by atoms with Crippen molar-refractivity contribution in [3.05, 3.63) is 82.8 Å². The van der Waals surface area contributed by atoms with Crippen molar-refractivity contribution >= 4 is 84.9 Å². The van der Waals surface area contributed by atoms with Gasteiger partial charge >= 0.3 is 0 Å². The van der Waals surface area contributed by atoms with Crippen molar-refractivity contribution in [3.63, 3.8) is 0 Å². The molecule has 4 aliphatic rings. The Morgan fingerprint density at radius 3 is 2.45 bits per heavy atom. The number of carbonyl (C=O) groups is 3. The molecule has 1 unspecified atom stereocenters. The van der Waals surface area contributed by atoms with Crippen LogP contribution in [0.1, 0.15) is 54.1 Å². The molecule has 2 aromatic heterocycles. The minimum Gasteiger partial charge on any atom is -0.494 e. The topological polar surface area (TPSA) is 216 Å². The monoisotopic (exact) mass is 952 g/mol. The Morgan fingerprint density at radius 1 is 0.910 bits per heavy atom. The van der Waals surface area contributed by atoms with Crippen molar-refractivity contribution in [1.82, 2.24) is 40.0 Å². The number of ether oxygens (including phenoxy) is 2. The number of benzene rings is 3. The molecular weight excluding hydrogens is 900 g/mol. The number of nitrogens with zero attached hydrogens (tertiary/aromatic N) is 8. The third-order valence-corrected chi connectivity index (χ3v) is 13.7. The third-order valence-electron chi connectivity index (χ3n) is 12.9. The molecular formula is C46H53ClN12O7S.